The first-order valence-corrected chi connectivity index (χ1v) is 8.03. The highest BCUT2D eigenvalue weighted by Crippen LogP contribution is 2.22. The van der Waals surface area contributed by atoms with Crippen LogP contribution in [0, 0.1) is 5.92 Å². The summed E-state index contributed by atoms with van der Waals surface area (Å²) < 4.78 is 22.8. The van der Waals surface area contributed by atoms with Crippen LogP contribution in [-0.4, -0.2) is 43.2 Å². The van der Waals surface area contributed by atoms with Gasteiger partial charge in [0, 0.05) is 5.92 Å². The van der Waals surface area contributed by atoms with Gasteiger partial charge in [0.1, 0.15) is 17.9 Å². The number of quaternary nitrogens is 1. The third kappa shape index (κ3) is 2.76. The second kappa shape index (κ2) is 4.63. The molecule has 16 heavy (non-hydrogen) atoms. The fourth-order valence-electron chi connectivity index (χ4n) is 2.99. The molecule has 0 spiro atoms. The Morgan fingerprint density at radius 2 is 1.81 bits per heavy atom. The minimum Gasteiger partial charge on any atom is -0.386 e. The van der Waals surface area contributed by atoms with E-state index in [4.69, 9.17) is 0 Å². The van der Waals surface area contributed by atoms with Gasteiger partial charge in [-0.1, -0.05) is 13.3 Å². The Bertz CT molecular complexity index is 341. The molecule has 0 radical (unpaired) electrons. The summed E-state index contributed by atoms with van der Waals surface area (Å²) in [5, 5.41) is 11.9. The monoisotopic (exact) mass is 248 g/mol. The lowest BCUT2D eigenvalue weighted by Crippen LogP contribution is -2.98. The smallest absolute Gasteiger partial charge is 0.159 e. The molecule has 0 unspecified atom stereocenters. The number of hydrogen-bond donors (Lipinski definition) is 2. The Kier molecular flexibility index (Phi) is 3.56. The van der Waals surface area contributed by atoms with E-state index >= 15 is 0 Å². The van der Waals surface area contributed by atoms with Gasteiger partial charge in [-0.2, -0.15) is 0 Å². The molecule has 94 valence electrons. The van der Waals surface area contributed by atoms with Gasteiger partial charge in [0.25, 0.3) is 0 Å². The molecule has 2 fully saturated rings. The Morgan fingerprint density at radius 3 is 2.38 bits per heavy atom. The molecule has 1 saturated heterocycles. The summed E-state index contributed by atoms with van der Waals surface area (Å²) in [6.45, 7) is 2.23. The van der Waals surface area contributed by atoms with Crippen molar-refractivity contribution in [3.05, 3.63) is 0 Å². The van der Waals surface area contributed by atoms with E-state index in [2.05, 4.69) is 12.2 Å². The van der Waals surface area contributed by atoms with Crippen molar-refractivity contribution in [2.24, 2.45) is 5.92 Å². The largest absolute Gasteiger partial charge is 0.386 e. The third-order valence-electron chi connectivity index (χ3n) is 4.04. The molecular weight excluding hydrogens is 226 g/mol. The van der Waals surface area contributed by atoms with Crippen LogP contribution in [-0.2, 0) is 9.84 Å². The zero-order chi connectivity index (χ0) is 11.8. The summed E-state index contributed by atoms with van der Waals surface area (Å²) in [6, 6.07) is 0.372. The van der Waals surface area contributed by atoms with Gasteiger partial charge in [0.2, 0.25) is 0 Å². The lowest BCUT2D eigenvalue weighted by molar-refractivity contribution is -0.729. The summed E-state index contributed by atoms with van der Waals surface area (Å²) in [5.74, 6) is 0.747. The van der Waals surface area contributed by atoms with Crippen molar-refractivity contribution in [3.8, 4) is 0 Å². The Balaban J connectivity index is 1.94. The van der Waals surface area contributed by atoms with E-state index in [1.165, 1.54) is 19.3 Å². The molecule has 3 N–H and O–H groups in total. The molecule has 0 aromatic rings. The average molecular weight is 248 g/mol. The van der Waals surface area contributed by atoms with Gasteiger partial charge in [0.05, 0.1) is 11.8 Å². The fourth-order valence-corrected chi connectivity index (χ4v) is 4.81. The van der Waals surface area contributed by atoms with Crippen LogP contribution in [0.5, 0.6) is 0 Å². The van der Waals surface area contributed by atoms with Crippen LogP contribution in [0.4, 0.5) is 0 Å². The highest BCUT2D eigenvalue weighted by atomic mass is 32.2. The lowest BCUT2D eigenvalue weighted by atomic mass is 9.85. The van der Waals surface area contributed by atoms with E-state index < -0.39 is 15.9 Å². The van der Waals surface area contributed by atoms with E-state index in [9.17, 15) is 13.5 Å². The first-order chi connectivity index (χ1) is 7.48. The maximum Gasteiger partial charge on any atom is 0.159 e. The minimum atomic E-state index is -2.99. The molecule has 0 bridgehead atoms. The number of aliphatic hydroxyl groups excluding tert-OH is 1. The van der Waals surface area contributed by atoms with E-state index in [1.54, 1.807) is 0 Å². The van der Waals surface area contributed by atoms with E-state index in [-0.39, 0.29) is 17.5 Å². The molecule has 1 heterocycles. The van der Waals surface area contributed by atoms with Crippen LogP contribution in [0.2, 0.25) is 0 Å². The van der Waals surface area contributed by atoms with E-state index in [0.29, 0.717) is 12.0 Å². The molecule has 2 rings (SSSR count). The highest BCUT2D eigenvalue weighted by Gasteiger charge is 2.41. The summed E-state index contributed by atoms with van der Waals surface area (Å²) >= 11 is 0. The van der Waals surface area contributed by atoms with Crippen LogP contribution in [0.3, 0.4) is 0 Å². The van der Waals surface area contributed by atoms with Crippen molar-refractivity contribution >= 4 is 9.84 Å². The molecule has 5 heteroatoms. The van der Waals surface area contributed by atoms with Crippen molar-refractivity contribution in [2.45, 2.75) is 50.8 Å². The minimum absolute atomic E-state index is 0.0464. The van der Waals surface area contributed by atoms with Gasteiger partial charge >= 0.3 is 0 Å². The van der Waals surface area contributed by atoms with Crippen LogP contribution in [0.15, 0.2) is 0 Å². The third-order valence-corrected chi connectivity index (χ3v) is 5.78. The van der Waals surface area contributed by atoms with E-state index in [1.807, 2.05) is 0 Å². The molecular formula is C11H22NO3S+. The molecule has 1 aliphatic heterocycles. The molecule has 4 nitrogen and oxygen atoms in total. The summed E-state index contributed by atoms with van der Waals surface area (Å²) in [7, 11) is -2.99. The average Bonchev–Trinajstić information content (AvgIpc) is 2.44. The van der Waals surface area contributed by atoms with Gasteiger partial charge in [-0.15, -0.1) is 0 Å². The van der Waals surface area contributed by atoms with Crippen LogP contribution >= 0.6 is 0 Å². The second-order valence-corrected chi connectivity index (χ2v) is 7.58. The van der Waals surface area contributed by atoms with Crippen molar-refractivity contribution < 1.29 is 18.8 Å². The van der Waals surface area contributed by atoms with Crippen molar-refractivity contribution in [1.82, 2.24) is 0 Å². The zero-order valence-corrected chi connectivity index (χ0v) is 10.6. The molecule has 1 saturated carbocycles. The lowest BCUT2D eigenvalue weighted by Gasteiger charge is -2.29. The Hall–Kier alpha value is -0.130. The molecule has 1 aliphatic carbocycles. The van der Waals surface area contributed by atoms with Crippen molar-refractivity contribution in [2.75, 3.05) is 11.5 Å². The van der Waals surface area contributed by atoms with Crippen molar-refractivity contribution in [1.29, 1.82) is 0 Å². The van der Waals surface area contributed by atoms with Crippen LogP contribution in [0.1, 0.15) is 32.6 Å². The molecule has 4 atom stereocenters. The molecule has 0 amide bonds. The maximum atomic E-state index is 11.4. The number of rotatable bonds is 2. The first-order valence-electron chi connectivity index (χ1n) is 6.21. The molecule has 0 aromatic heterocycles. The number of hydrogen-bond acceptors (Lipinski definition) is 3. The highest BCUT2D eigenvalue weighted by molar-refractivity contribution is 7.91. The van der Waals surface area contributed by atoms with Gasteiger partial charge in [0.15, 0.2) is 9.84 Å². The summed E-state index contributed by atoms with van der Waals surface area (Å²) in [5.41, 5.74) is 0. The topological polar surface area (TPSA) is 71.0 Å². The number of nitrogens with two attached hydrogens (primary N) is 1. The molecule has 0 aromatic carbocycles. The second-order valence-electron chi connectivity index (χ2n) is 5.43. The zero-order valence-electron chi connectivity index (χ0n) is 9.80. The Labute approximate surface area is 97.3 Å². The van der Waals surface area contributed by atoms with Gasteiger partial charge in [-0.05, 0) is 19.3 Å². The normalized spacial score (nSPS) is 43.4. The van der Waals surface area contributed by atoms with Gasteiger partial charge in [-0.25, -0.2) is 8.42 Å². The van der Waals surface area contributed by atoms with Gasteiger partial charge in [-0.3, -0.25) is 0 Å². The predicted octanol–water partition coefficient (Wildman–Crippen LogP) is -0.714. The Morgan fingerprint density at radius 1 is 1.12 bits per heavy atom. The fraction of sp³-hybridized carbons (Fsp3) is 1.00. The van der Waals surface area contributed by atoms with Gasteiger partial charge < -0.3 is 10.4 Å². The van der Waals surface area contributed by atoms with E-state index in [0.717, 1.165) is 6.42 Å². The number of sulfone groups is 1. The molecule has 2 aliphatic rings. The quantitative estimate of drug-likeness (QED) is 0.678. The van der Waals surface area contributed by atoms with Crippen LogP contribution in [0.25, 0.3) is 0 Å². The summed E-state index contributed by atoms with van der Waals surface area (Å²) in [4.78, 5) is 0. The number of aliphatic hydroxyl groups is 1. The first kappa shape index (κ1) is 12.3. The standard InChI is InChI=1S/C11H21NO3S/c1-8-4-2-3-5-9(8)12-10-6-16(14,15)7-11(10)13/h8-13H,2-7H2,1H3/p+1/t8-,9-,10+,11-/m0/s1. The van der Waals surface area contributed by atoms with Crippen molar-refractivity contribution in [3.63, 3.8) is 0 Å². The van der Waals surface area contributed by atoms with Crippen LogP contribution < -0.4 is 5.32 Å². The SMILES string of the molecule is C[C@H]1CCCC[C@@H]1[NH2+][C@@H]1CS(=O)(=O)C[C@@H]1O. The maximum absolute atomic E-state index is 11.4. The summed E-state index contributed by atoms with van der Waals surface area (Å²) in [6.07, 6.45) is 4.25. The predicted molar refractivity (Wildman–Crippen MR) is 61.8 cm³/mol.